The highest BCUT2D eigenvalue weighted by Gasteiger charge is 2.40. The third kappa shape index (κ3) is 7.87. The van der Waals surface area contributed by atoms with E-state index in [9.17, 15) is 0 Å². The number of hydrogen-bond donors (Lipinski definition) is 3. The van der Waals surface area contributed by atoms with Crippen LogP contribution in [-0.2, 0) is 4.74 Å². The Hall–Kier alpha value is 0.230. The van der Waals surface area contributed by atoms with Crippen LogP contribution in [0, 0.1) is 5.92 Å². The predicted molar refractivity (Wildman–Crippen MR) is 95.2 cm³/mol. The molecule has 2 N–H and O–H groups in total. The van der Waals surface area contributed by atoms with E-state index < -0.39 is 0 Å². The third-order valence-corrected chi connectivity index (χ3v) is 4.44. The van der Waals surface area contributed by atoms with Gasteiger partial charge in [-0.05, 0) is 78.1 Å². The van der Waals surface area contributed by atoms with Gasteiger partial charge in [0.25, 0.3) is 0 Å². The monoisotopic (exact) mass is 319 g/mol. The lowest BCUT2D eigenvalue weighted by Crippen LogP contribution is -2.61. The summed E-state index contributed by atoms with van der Waals surface area (Å²) in [5.74, 6) is 0.846. The normalized spacial score (nSPS) is 35.4. The van der Waals surface area contributed by atoms with Crippen molar-refractivity contribution in [1.82, 2.24) is 5.32 Å². The Kier molecular flexibility index (Phi) is 10.2. The number of ether oxygens (including phenoxy) is 1. The number of rotatable bonds is 0. The molecule has 2 aliphatic heterocycles. The van der Waals surface area contributed by atoms with E-state index in [1.807, 2.05) is 13.8 Å². The standard InChI is InChI=1S/C15H29NO.C2H6.H2OS/c1-12-6-5-9-17-13-10-14(2,3)16-15(4,11-13)8-7-12;2*1-2/h12-13,16H,5-11H2,1-4H3;1-2H3;1-2H. The van der Waals surface area contributed by atoms with Gasteiger partial charge in [-0.15, -0.1) is 0 Å². The molecule has 2 bridgehead atoms. The van der Waals surface area contributed by atoms with Crippen LogP contribution in [0.3, 0.4) is 0 Å². The van der Waals surface area contributed by atoms with Crippen molar-refractivity contribution < 1.29 is 9.29 Å². The summed E-state index contributed by atoms with van der Waals surface area (Å²) in [5.41, 5.74) is 0.498. The maximum atomic E-state index is 6.69. The molecule has 0 aromatic heterocycles. The minimum atomic E-state index is 0.222. The number of piperidine rings is 1. The number of nitrogens with one attached hydrogen (secondary N) is 1. The lowest BCUT2D eigenvalue weighted by molar-refractivity contribution is -0.0345. The SMILES string of the molecule is CC.CC1CCCOC2CC(C)(C)NC(C)(CC1)C2.OS. The van der Waals surface area contributed by atoms with E-state index in [1.165, 1.54) is 32.1 Å². The Morgan fingerprint density at radius 3 is 2.33 bits per heavy atom. The zero-order chi connectivity index (χ0) is 16.5. The molecule has 0 aromatic carbocycles. The van der Waals surface area contributed by atoms with Gasteiger partial charge in [0, 0.05) is 17.7 Å². The van der Waals surface area contributed by atoms with Crippen molar-refractivity contribution in [3.8, 4) is 0 Å². The van der Waals surface area contributed by atoms with Gasteiger partial charge in [0.15, 0.2) is 0 Å². The van der Waals surface area contributed by atoms with Gasteiger partial charge in [-0.25, -0.2) is 0 Å². The van der Waals surface area contributed by atoms with Crippen LogP contribution in [0.1, 0.15) is 80.1 Å². The van der Waals surface area contributed by atoms with Crippen molar-refractivity contribution in [2.45, 2.75) is 97.2 Å². The second kappa shape index (κ2) is 10.1. The Labute approximate surface area is 137 Å². The molecule has 0 amide bonds. The largest absolute Gasteiger partial charge is 0.378 e. The van der Waals surface area contributed by atoms with Gasteiger partial charge < -0.3 is 14.6 Å². The molecule has 3 nitrogen and oxygen atoms in total. The first kappa shape index (κ1) is 21.2. The maximum absolute atomic E-state index is 6.69. The van der Waals surface area contributed by atoms with E-state index >= 15 is 0 Å². The van der Waals surface area contributed by atoms with Crippen LogP contribution in [0.25, 0.3) is 0 Å². The van der Waals surface area contributed by atoms with Crippen LogP contribution in [0.2, 0.25) is 0 Å². The predicted octanol–water partition coefficient (Wildman–Crippen LogP) is 4.92. The number of fused-ring (bicyclic) bond motifs is 2. The molecule has 21 heavy (non-hydrogen) atoms. The van der Waals surface area contributed by atoms with E-state index in [-0.39, 0.29) is 11.1 Å². The molecule has 2 saturated heterocycles. The van der Waals surface area contributed by atoms with Gasteiger partial charge in [-0.3, -0.25) is 0 Å². The van der Waals surface area contributed by atoms with Gasteiger partial charge in [0.2, 0.25) is 0 Å². The second-order valence-corrected chi connectivity index (χ2v) is 7.26. The molecule has 2 aliphatic rings. The van der Waals surface area contributed by atoms with Crippen molar-refractivity contribution in [1.29, 1.82) is 0 Å². The van der Waals surface area contributed by atoms with Crippen LogP contribution >= 0.6 is 12.9 Å². The average Bonchev–Trinajstić information content (AvgIpc) is 2.43. The Morgan fingerprint density at radius 2 is 1.71 bits per heavy atom. The summed E-state index contributed by atoms with van der Waals surface area (Å²) in [6.45, 7) is 14.4. The zero-order valence-corrected chi connectivity index (χ0v) is 15.8. The zero-order valence-electron chi connectivity index (χ0n) is 14.9. The van der Waals surface area contributed by atoms with Gasteiger partial charge in [-0.2, -0.15) is 0 Å². The summed E-state index contributed by atoms with van der Waals surface area (Å²) in [7, 11) is 0. The molecule has 0 aliphatic carbocycles. The molecule has 0 spiro atoms. The Bertz CT molecular complexity index is 274. The van der Waals surface area contributed by atoms with Gasteiger partial charge in [0.05, 0.1) is 6.10 Å². The van der Waals surface area contributed by atoms with Crippen molar-refractivity contribution >= 4 is 12.9 Å². The second-order valence-electron chi connectivity index (χ2n) is 7.26. The quantitative estimate of drug-likeness (QED) is 0.438. The summed E-state index contributed by atoms with van der Waals surface area (Å²) < 4.78 is 12.8. The minimum absolute atomic E-state index is 0.222. The summed E-state index contributed by atoms with van der Waals surface area (Å²) in [4.78, 5) is 0. The molecule has 2 rings (SSSR count). The molecule has 0 saturated carbocycles. The van der Waals surface area contributed by atoms with Gasteiger partial charge >= 0.3 is 0 Å². The van der Waals surface area contributed by atoms with Crippen molar-refractivity contribution in [2.24, 2.45) is 5.92 Å². The molecular weight excluding hydrogens is 282 g/mol. The van der Waals surface area contributed by atoms with Crippen LogP contribution in [0.4, 0.5) is 0 Å². The highest BCUT2D eigenvalue weighted by Crippen LogP contribution is 2.35. The molecule has 3 atom stereocenters. The lowest BCUT2D eigenvalue weighted by atomic mass is 9.76. The number of thiol groups is 1. The third-order valence-electron chi connectivity index (χ3n) is 4.44. The van der Waals surface area contributed by atoms with Crippen molar-refractivity contribution in [2.75, 3.05) is 6.61 Å². The van der Waals surface area contributed by atoms with Crippen LogP contribution in [0.5, 0.6) is 0 Å². The molecule has 128 valence electrons. The topological polar surface area (TPSA) is 41.5 Å². The smallest absolute Gasteiger partial charge is 0.0610 e. The highest BCUT2D eigenvalue weighted by molar-refractivity contribution is 7.74. The highest BCUT2D eigenvalue weighted by atomic mass is 32.1. The van der Waals surface area contributed by atoms with Crippen LogP contribution < -0.4 is 5.32 Å². The van der Waals surface area contributed by atoms with Crippen LogP contribution in [-0.4, -0.2) is 28.3 Å². The first-order chi connectivity index (χ1) is 9.89. The van der Waals surface area contributed by atoms with Crippen LogP contribution in [0.15, 0.2) is 0 Å². The van der Waals surface area contributed by atoms with E-state index in [0.29, 0.717) is 6.10 Å². The van der Waals surface area contributed by atoms with Crippen molar-refractivity contribution in [3.05, 3.63) is 0 Å². The molecule has 4 heteroatoms. The molecular formula is C17H37NO2S. The van der Waals surface area contributed by atoms with E-state index in [4.69, 9.17) is 9.29 Å². The minimum Gasteiger partial charge on any atom is -0.378 e. The molecule has 0 radical (unpaired) electrons. The molecule has 2 fully saturated rings. The summed E-state index contributed by atoms with van der Waals surface area (Å²) in [6, 6.07) is 0. The Morgan fingerprint density at radius 1 is 1.10 bits per heavy atom. The first-order valence-corrected chi connectivity index (χ1v) is 8.90. The molecule has 3 unspecified atom stereocenters. The van der Waals surface area contributed by atoms with Gasteiger partial charge in [-0.1, -0.05) is 20.8 Å². The van der Waals surface area contributed by atoms with E-state index in [0.717, 1.165) is 18.9 Å². The Balaban J connectivity index is 0.000000921. The fraction of sp³-hybridized carbons (Fsp3) is 1.00. The van der Waals surface area contributed by atoms with E-state index in [2.05, 4.69) is 45.9 Å². The van der Waals surface area contributed by atoms with Gasteiger partial charge in [0.1, 0.15) is 0 Å². The average molecular weight is 320 g/mol. The van der Waals surface area contributed by atoms with Crippen molar-refractivity contribution in [3.63, 3.8) is 0 Å². The maximum Gasteiger partial charge on any atom is 0.0610 e. The fourth-order valence-electron chi connectivity index (χ4n) is 3.74. The fourth-order valence-corrected chi connectivity index (χ4v) is 3.74. The summed E-state index contributed by atoms with van der Waals surface area (Å²) in [6.07, 6.45) is 8.00. The first-order valence-electron chi connectivity index (χ1n) is 8.50. The summed E-state index contributed by atoms with van der Waals surface area (Å²) >= 11 is 2.53. The summed E-state index contributed by atoms with van der Waals surface area (Å²) in [5, 5.41) is 3.86. The molecule has 0 aromatic rings. The number of hydrogen-bond acceptors (Lipinski definition) is 4. The molecule has 2 heterocycles. The lowest BCUT2D eigenvalue weighted by Gasteiger charge is -2.48. The van der Waals surface area contributed by atoms with E-state index in [1.54, 1.807) is 0 Å².